The van der Waals surface area contributed by atoms with Crippen molar-refractivity contribution in [2.45, 2.75) is 6.42 Å². The van der Waals surface area contributed by atoms with Crippen LogP contribution in [-0.4, -0.2) is 56.7 Å². The zero-order valence-corrected chi connectivity index (χ0v) is 15.6. The van der Waals surface area contributed by atoms with Gasteiger partial charge in [0.2, 0.25) is 0 Å². The Hall–Kier alpha value is -2.60. The van der Waals surface area contributed by atoms with Gasteiger partial charge in [-0.05, 0) is 36.2 Å². The zero-order valence-electron chi connectivity index (χ0n) is 15.6. The van der Waals surface area contributed by atoms with E-state index in [-0.39, 0.29) is 5.82 Å². The zero-order chi connectivity index (χ0) is 18.9. The number of hydrogen-bond acceptors (Lipinski definition) is 3. The third-order valence-electron chi connectivity index (χ3n) is 4.83. The summed E-state index contributed by atoms with van der Waals surface area (Å²) >= 11 is 0. The smallest absolute Gasteiger partial charge is 0.188 e. The maximum atomic E-state index is 13.0. The number of anilines is 1. The average Bonchev–Trinajstić information content (AvgIpc) is 2.70. The minimum absolute atomic E-state index is 0.190. The van der Waals surface area contributed by atoms with E-state index in [2.05, 4.69) is 32.2 Å². The maximum absolute atomic E-state index is 13.0. The van der Waals surface area contributed by atoms with E-state index in [1.165, 1.54) is 17.7 Å². The van der Waals surface area contributed by atoms with Crippen LogP contribution in [0.25, 0.3) is 0 Å². The molecule has 27 heavy (non-hydrogen) atoms. The summed E-state index contributed by atoms with van der Waals surface area (Å²) in [6.07, 6.45) is 0.933. The Bertz CT molecular complexity index is 709. The average molecular weight is 369 g/mol. The minimum atomic E-state index is -0.190. The number of halogens is 1. The predicted molar refractivity (Wildman–Crippen MR) is 110 cm³/mol. The first kappa shape index (κ1) is 19.2. The Labute approximate surface area is 160 Å². The summed E-state index contributed by atoms with van der Waals surface area (Å²) in [4.78, 5) is 9.10. The summed E-state index contributed by atoms with van der Waals surface area (Å²) in [7, 11) is 0. The second kappa shape index (κ2) is 9.92. The van der Waals surface area contributed by atoms with Gasteiger partial charge in [0.25, 0.3) is 0 Å². The highest BCUT2D eigenvalue weighted by molar-refractivity contribution is 5.77. The summed E-state index contributed by atoms with van der Waals surface area (Å²) in [5.41, 5.74) is 8.32. The largest absolute Gasteiger partial charge is 0.370 e. The van der Waals surface area contributed by atoms with Crippen LogP contribution in [0.4, 0.5) is 10.1 Å². The molecule has 5 nitrogen and oxygen atoms in total. The van der Waals surface area contributed by atoms with Gasteiger partial charge >= 0.3 is 0 Å². The summed E-state index contributed by atoms with van der Waals surface area (Å²) in [6.45, 7) is 6.23. The van der Waals surface area contributed by atoms with E-state index >= 15 is 0 Å². The lowest BCUT2D eigenvalue weighted by atomic mass is 10.1. The Kier molecular flexibility index (Phi) is 7.04. The van der Waals surface area contributed by atoms with E-state index in [0.717, 1.165) is 51.4 Å². The van der Waals surface area contributed by atoms with Crippen LogP contribution in [0, 0.1) is 5.82 Å². The first-order valence-electron chi connectivity index (χ1n) is 9.51. The lowest BCUT2D eigenvalue weighted by Gasteiger charge is -2.35. The predicted octanol–water partition coefficient (Wildman–Crippen LogP) is 2.09. The molecule has 2 aromatic rings. The Balaban J connectivity index is 1.32. The fraction of sp³-hybridized carbons (Fsp3) is 0.381. The molecule has 1 saturated heterocycles. The molecule has 2 aromatic carbocycles. The molecule has 1 aliphatic rings. The number of aliphatic imine (C=N–C) groups is 1. The summed E-state index contributed by atoms with van der Waals surface area (Å²) in [5, 5.41) is 3.17. The Morgan fingerprint density at radius 1 is 1.00 bits per heavy atom. The first-order chi connectivity index (χ1) is 13.2. The van der Waals surface area contributed by atoms with Crippen LogP contribution >= 0.6 is 0 Å². The lowest BCUT2D eigenvalue weighted by Crippen LogP contribution is -2.47. The molecule has 6 heteroatoms. The van der Waals surface area contributed by atoms with Crippen LogP contribution in [0.2, 0.25) is 0 Å². The summed E-state index contributed by atoms with van der Waals surface area (Å²) in [6, 6.07) is 17.1. The maximum Gasteiger partial charge on any atom is 0.188 e. The van der Waals surface area contributed by atoms with Gasteiger partial charge in [-0.25, -0.2) is 4.39 Å². The normalized spacial score (nSPS) is 15.7. The third kappa shape index (κ3) is 6.25. The number of piperazine rings is 1. The van der Waals surface area contributed by atoms with E-state index < -0.39 is 0 Å². The van der Waals surface area contributed by atoms with Gasteiger partial charge in [0.05, 0.1) is 6.54 Å². The molecule has 1 aliphatic heterocycles. The van der Waals surface area contributed by atoms with Crippen LogP contribution in [0.5, 0.6) is 0 Å². The van der Waals surface area contributed by atoms with E-state index in [0.29, 0.717) is 12.5 Å². The van der Waals surface area contributed by atoms with Crippen molar-refractivity contribution in [1.29, 1.82) is 0 Å². The van der Waals surface area contributed by atoms with Crippen molar-refractivity contribution in [3.05, 3.63) is 66.0 Å². The second-order valence-electron chi connectivity index (χ2n) is 6.73. The number of nitrogens with one attached hydrogen (secondary N) is 1. The molecule has 3 rings (SSSR count). The van der Waals surface area contributed by atoms with Crippen molar-refractivity contribution < 1.29 is 4.39 Å². The van der Waals surface area contributed by atoms with Gasteiger partial charge < -0.3 is 16.0 Å². The van der Waals surface area contributed by atoms with Crippen molar-refractivity contribution in [3.8, 4) is 0 Å². The van der Waals surface area contributed by atoms with Crippen LogP contribution in [0.1, 0.15) is 5.56 Å². The molecule has 0 saturated carbocycles. The SMILES string of the molecule is NC(=NCCN1CCN(c2ccc(F)cc2)CC1)NCCc1ccccc1. The van der Waals surface area contributed by atoms with Crippen LogP contribution < -0.4 is 16.0 Å². The topological polar surface area (TPSA) is 56.9 Å². The van der Waals surface area contributed by atoms with Gasteiger partial charge in [0.15, 0.2) is 5.96 Å². The molecule has 0 aromatic heterocycles. The third-order valence-corrected chi connectivity index (χ3v) is 4.83. The highest BCUT2D eigenvalue weighted by Gasteiger charge is 2.16. The van der Waals surface area contributed by atoms with E-state index in [1.807, 2.05) is 30.3 Å². The first-order valence-corrected chi connectivity index (χ1v) is 9.51. The van der Waals surface area contributed by atoms with Gasteiger partial charge in [-0.2, -0.15) is 0 Å². The van der Waals surface area contributed by atoms with Gasteiger partial charge in [-0.3, -0.25) is 9.89 Å². The lowest BCUT2D eigenvalue weighted by molar-refractivity contribution is 0.265. The van der Waals surface area contributed by atoms with E-state index in [4.69, 9.17) is 5.73 Å². The number of hydrogen-bond donors (Lipinski definition) is 2. The number of benzene rings is 2. The molecule has 1 fully saturated rings. The van der Waals surface area contributed by atoms with Crippen molar-refractivity contribution >= 4 is 11.6 Å². The Morgan fingerprint density at radius 2 is 1.70 bits per heavy atom. The molecule has 0 unspecified atom stereocenters. The van der Waals surface area contributed by atoms with Gasteiger partial charge in [0.1, 0.15) is 5.82 Å². The number of nitrogens with zero attached hydrogens (tertiary/aromatic N) is 3. The highest BCUT2D eigenvalue weighted by atomic mass is 19.1. The summed E-state index contributed by atoms with van der Waals surface area (Å²) in [5.74, 6) is 0.320. The molecule has 0 amide bonds. The number of nitrogens with two attached hydrogens (primary N) is 1. The van der Waals surface area contributed by atoms with E-state index in [1.54, 1.807) is 0 Å². The second-order valence-corrected chi connectivity index (χ2v) is 6.73. The van der Waals surface area contributed by atoms with Crippen molar-refractivity contribution in [1.82, 2.24) is 10.2 Å². The fourth-order valence-corrected chi connectivity index (χ4v) is 3.23. The molecule has 1 heterocycles. The van der Waals surface area contributed by atoms with Crippen LogP contribution in [-0.2, 0) is 6.42 Å². The fourth-order valence-electron chi connectivity index (χ4n) is 3.23. The van der Waals surface area contributed by atoms with Gasteiger partial charge in [0, 0.05) is 45.0 Å². The van der Waals surface area contributed by atoms with Crippen molar-refractivity contribution in [3.63, 3.8) is 0 Å². The van der Waals surface area contributed by atoms with E-state index in [9.17, 15) is 4.39 Å². The quantitative estimate of drug-likeness (QED) is 0.580. The monoisotopic (exact) mass is 369 g/mol. The number of guanidine groups is 1. The molecule has 0 radical (unpaired) electrons. The standard InChI is InChI=1S/C21H28FN5/c22-19-6-8-20(9-7-19)27-16-14-26(15-17-27)13-12-25-21(23)24-11-10-18-4-2-1-3-5-18/h1-9H,10-17H2,(H3,23,24,25). The highest BCUT2D eigenvalue weighted by Crippen LogP contribution is 2.16. The van der Waals surface area contributed by atoms with Crippen LogP contribution in [0.15, 0.2) is 59.6 Å². The molecule has 0 spiro atoms. The molecule has 0 aliphatic carbocycles. The summed E-state index contributed by atoms with van der Waals surface area (Å²) < 4.78 is 13.0. The molecule has 0 bridgehead atoms. The van der Waals surface area contributed by atoms with Gasteiger partial charge in [-0.15, -0.1) is 0 Å². The van der Waals surface area contributed by atoms with Crippen molar-refractivity contribution in [2.24, 2.45) is 10.7 Å². The molecular formula is C21H28FN5. The Morgan fingerprint density at radius 3 is 2.41 bits per heavy atom. The van der Waals surface area contributed by atoms with Crippen LogP contribution in [0.3, 0.4) is 0 Å². The minimum Gasteiger partial charge on any atom is -0.370 e. The molecule has 3 N–H and O–H groups in total. The van der Waals surface area contributed by atoms with Gasteiger partial charge in [-0.1, -0.05) is 30.3 Å². The number of rotatable bonds is 7. The molecular weight excluding hydrogens is 341 g/mol. The van der Waals surface area contributed by atoms with Crippen molar-refractivity contribution in [2.75, 3.05) is 50.7 Å². The molecule has 0 atom stereocenters. The molecule has 144 valence electrons.